The molecular formula is C16H26N2O2. The van der Waals surface area contributed by atoms with Gasteiger partial charge in [0.05, 0.1) is 7.11 Å². The van der Waals surface area contributed by atoms with Gasteiger partial charge >= 0.3 is 0 Å². The zero-order valence-corrected chi connectivity index (χ0v) is 13.4. The van der Waals surface area contributed by atoms with Crippen LogP contribution in [0.2, 0.25) is 0 Å². The van der Waals surface area contributed by atoms with Crippen molar-refractivity contribution in [1.29, 1.82) is 0 Å². The van der Waals surface area contributed by atoms with Gasteiger partial charge in [-0.1, -0.05) is 6.07 Å². The summed E-state index contributed by atoms with van der Waals surface area (Å²) in [5.41, 5.74) is 2.87. The average Bonchev–Trinajstić information content (AvgIpc) is 2.32. The highest BCUT2D eigenvalue weighted by Crippen LogP contribution is 2.29. The Kier molecular flexibility index (Phi) is 5.57. The summed E-state index contributed by atoms with van der Waals surface area (Å²) < 4.78 is 5.36. The van der Waals surface area contributed by atoms with E-state index in [-0.39, 0.29) is 11.4 Å². The van der Waals surface area contributed by atoms with Gasteiger partial charge in [0.2, 0.25) is 5.91 Å². The Hall–Kier alpha value is -1.55. The molecule has 0 atom stereocenters. The molecule has 1 amide bonds. The molecule has 4 nitrogen and oxygen atoms in total. The van der Waals surface area contributed by atoms with E-state index in [2.05, 4.69) is 31.4 Å². The largest absolute Gasteiger partial charge is 0.496 e. The number of amides is 1. The number of hydrogen-bond acceptors (Lipinski definition) is 3. The lowest BCUT2D eigenvalue weighted by molar-refractivity contribution is -0.116. The predicted molar refractivity (Wildman–Crippen MR) is 83.5 cm³/mol. The monoisotopic (exact) mass is 278 g/mol. The molecule has 0 unspecified atom stereocenters. The number of carbonyl (C=O) groups excluding carboxylic acids is 1. The number of anilines is 1. The molecule has 0 spiro atoms. The second-order valence-electron chi connectivity index (χ2n) is 6.06. The first kappa shape index (κ1) is 16.5. The first-order valence-electron chi connectivity index (χ1n) is 6.93. The van der Waals surface area contributed by atoms with Crippen LogP contribution >= 0.6 is 0 Å². The number of ether oxygens (including phenoxy) is 1. The van der Waals surface area contributed by atoms with E-state index in [9.17, 15) is 4.79 Å². The second kappa shape index (κ2) is 6.75. The van der Waals surface area contributed by atoms with Gasteiger partial charge in [-0.25, -0.2) is 0 Å². The van der Waals surface area contributed by atoms with Crippen molar-refractivity contribution < 1.29 is 9.53 Å². The number of benzene rings is 1. The smallest absolute Gasteiger partial charge is 0.225 e. The van der Waals surface area contributed by atoms with Gasteiger partial charge in [0.15, 0.2) is 0 Å². The van der Waals surface area contributed by atoms with Crippen LogP contribution in [0.15, 0.2) is 12.1 Å². The maximum absolute atomic E-state index is 11.9. The van der Waals surface area contributed by atoms with Crippen LogP contribution in [-0.4, -0.2) is 25.1 Å². The van der Waals surface area contributed by atoms with Crippen molar-refractivity contribution in [1.82, 2.24) is 5.32 Å². The van der Waals surface area contributed by atoms with Gasteiger partial charge in [0.1, 0.15) is 5.75 Å². The second-order valence-corrected chi connectivity index (χ2v) is 6.06. The van der Waals surface area contributed by atoms with E-state index in [0.29, 0.717) is 13.0 Å². The summed E-state index contributed by atoms with van der Waals surface area (Å²) in [4.78, 5) is 11.9. The van der Waals surface area contributed by atoms with Crippen LogP contribution in [0.5, 0.6) is 5.75 Å². The zero-order chi connectivity index (χ0) is 15.3. The fourth-order valence-electron chi connectivity index (χ4n) is 2.04. The van der Waals surface area contributed by atoms with Crippen LogP contribution in [0.1, 0.15) is 38.3 Å². The molecule has 0 bridgehead atoms. The topological polar surface area (TPSA) is 50.4 Å². The third-order valence-corrected chi connectivity index (χ3v) is 3.09. The quantitative estimate of drug-likeness (QED) is 0.870. The molecule has 20 heavy (non-hydrogen) atoms. The Morgan fingerprint density at radius 3 is 2.45 bits per heavy atom. The van der Waals surface area contributed by atoms with Crippen LogP contribution in [0.4, 0.5) is 5.69 Å². The van der Waals surface area contributed by atoms with E-state index in [1.54, 1.807) is 7.11 Å². The van der Waals surface area contributed by atoms with Gasteiger partial charge in [0.25, 0.3) is 0 Å². The molecular weight excluding hydrogens is 252 g/mol. The molecule has 0 aliphatic heterocycles. The minimum absolute atomic E-state index is 0.00996. The Bertz CT molecular complexity index is 476. The van der Waals surface area contributed by atoms with E-state index >= 15 is 0 Å². The van der Waals surface area contributed by atoms with Crippen LogP contribution in [-0.2, 0) is 4.79 Å². The van der Waals surface area contributed by atoms with Crippen molar-refractivity contribution in [3.05, 3.63) is 23.3 Å². The van der Waals surface area contributed by atoms with Crippen molar-refractivity contribution in [3.63, 3.8) is 0 Å². The molecule has 0 radical (unpaired) electrons. The molecule has 2 N–H and O–H groups in total. The fourth-order valence-corrected chi connectivity index (χ4v) is 2.04. The maximum Gasteiger partial charge on any atom is 0.225 e. The van der Waals surface area contributed by atoms with Crippen molar-refractivity contribution in [2.24, 2.45) is 0 Å². The van der Waals surface area contributed by atoms with Gasteiger partial charge in [0, 0.05) is 29.8 Å². The minimum Gasteiger partial charge on any atom is -0.496 e. The van der Waals surface area contributed by atoms with E-state index in [1.165, 1.54) is 0 Å². The molecule has 0 aliphatic carbocycles. The number of carbonyl (C=O) groups is 1. The Balaban J connectivity index is 2.63. The molecule has 0 aromatic heterocycles. The normalized spacial score (nSPS) is 11.3. The summed E-state index contributed by atoms with van der Waals surface area (Å²) in [6.07, 6.45) is 0.451. The molecule has 0 saturated carbocycles. The molecule has 0 heterocycles. The standard InChI is InChI=1S/C16H26N2O2/c1-11-7-8-13(12(2)15(11)20-6)18-14(19)9-10-17-16(3,4)5/h7-8,17H,9-10H2,1-6H3,(H,18,19). The van der Waals surface area contributed by atoms with Crippen LogP contribution in [0.3, 0.4) is 0 Å². The van der Waals surface area contributed by atoms with Crippen molar-refractivity contribution in [3.8, 4) is 5.75 Å². The maximum atomic E-state index is 11.9. The number of methoxy groups -OCH3 is 1. The molecule has 0 fully saturated rings. The van der Waals surface area contributed by atoms with E-state index < -0.39 is 0 Å². The fraction of sp³-hybridized carbons (Fsp3) is 0.562. The number of nitrogens with one attached hydrogen (secondary N) is 2. The van der Waals surface area contributed by atoms with Crippen molar-refractivity contribution in [2.75, 3.05) is 19.0 Å². The SMILES string of the molecule is COc1c(C)ccc(NC(=O)CCNC(C)(C)C)c1C. The van der Waals surface area contributed by atoms with Gasteiger partial charge in [-0.3, -0.25) is 4.79 Å². The lowest BCUT2D eigenvalue weighted by Crippen LogP contribution is -2.37. The van der Waals surface area contributed by atoms with Crippen LogP contribution in [0, 0.1) is 13.8 Å². The summed E-state index contributed by atoms with van der Waals surface area (Å²) in [6.45, 7) is 10.9. The molecule has 4 heteroatoms. The molecule has 1 aromatic carbocycles. The third-order valence-electron chi connectivity index (χ3n) is 3.09. The average molecular weight is 278 g/mol. The van der Waals surface area contributed by atoms with Gasteiger partial charge in [-0.05, 0) is 46.2 Å². The van der Waals surface area contributed by atoms with E-state index in [0.717, 1.165) is 22.6 Å². The lowest BCUT2D eigenvalue weighted by Gasteiger charge is -2.20. The van der Waals surface area contributed by atoms with E-state index in [4.69, 9.17) is 4.74 Å². The number of rotatable bonds is 5. The zero-order valence-electron chi connectivity index (χ0n) is 13.4. The lowest BCUT2D eigenvalue weighted by atomic mass is 10.1. The Morgan fingerprint density at radius 2 is 1.90 bits per heavy atom. The summed E-state index contributed by atoms with van der Waals surface area (Å²) in [5.74, 6) is 0.839. The van der Waals surface area contributed by atoms with Crippen molar-refractivity contribution >= 4 is 11.6 Å². The summed E-state index contributed by atoms with van der Waals surface area (Å²) in [6, 6.07) is 3.87. The summed E-state index contributed by atoms with van der Waals surface area (Å²) in [5, 5.41) is 6.24. The van der Waals surface area contributed by atoms with Gasteiger partial charge < -0.3 is 15.4 Å². The first-order valence-corrected chi connectivity index (χ1v) is 6.93. The highest BCUT2D eigenvalue weighted by atomic mass is 16.5. The molecule has 1 aromatic rings. The summed E-state index contributed by atoms with van der Waals surface area (Å²) >= 11 is 0. The first-order chi connectivity index (χ1) is 9.24. The molecule has 1 rings (SSSR count). The molecule has 0 saturated heterocycles. The van der Waals surface area contributed by atoms with E-state index in [1.807, 2.05) is 26.0 Å². The molecule has 0 aliphatic rings. The number of aryl methyl sites for hydroxylation is 1. The number of hydrogen-bond donors (Lipinski definition) is 2. The predicted octanol–water partition coefficient (Wildman–Crippen LogP) is 3.03. The highest BCUT2D eigenvalue weighted by Gasteiger charge is 2.12. The Morgan fingerprint density at radius 1 is 1.25 bits per heavy atom. The minimum atomic E-state index is 0.00996. The van der Waals surface area contributed by atoms with Crippen LogP contribution < -0.4 is 15.4 Å². The van der Waals surface area contributed by atoms with Gasteiger partial charge in [-0.2, -0.15) is 0 Å². The highest BCUT2D eigenvalue weighted by molar-refractivity contribution is 5.92. The third kappa shape index (κ3) is 4.85. The Labute approximate surface area is 121 Å². The van der Waals surface area contributed by atoms with Gasteiger partial charge in [-0.15, -0.1) is 0 Å². The van der Waals surface area contributed by atoms with Crippen LogP contribution in [0.25, 0.3) is 0 Å². The molecule has 112 valence electrons. The van der Waals surface area contributed by atoms with Crippen molar-refractivity contribution in [2.45, 2.75) is 46.6 Å². The summed E-state index contributed by atoms with van der Waals surface area (Å²) in [7, 11) is 1.65.